The average molecular weight is 250 g/mol. The van der Waals surface area contributed by atoms with Crippen LogP contribution in [0.5, 0.6) is 0 Å². The average Bonchev–Trinajstić information content (AvgIpc) is 2.36. The van der Waals surface area contributed by atoms with Crippen molar-refractivity contribution in [1.29, 1.82) is 0 Å². The molecular weight excluding hydrogens is 228 g/mol. The fraction of sp³-hybridized carbons (Fsp3) is 0.500. The Labute approximate surface area is 108 Å². The first kappa shape index (κ1) is 14.5. The highest BCUT2D eigenvalue weighted by molar-refractivity contribution is 5.94. The molecule has 0 saturated heterocycles. The van der Waals surface area contributed by atoms with Crippen molar-refractivity contribution in [3.63, 3.8) is 0 Å². The van der Waals surface area contributed by atoms with Crippen LogP contribution in [0, 0.1) is 5.92 Å². The van der Waals surface area contributed by atoms with Crippen LogP contribution in [0.1, 0.15) is 30.6 Å². The van der Waals surface area contributed by atoms with Crippen LogP contribution in [0.25, 0.3) is 0 Å². The molecule has 1 amide bonds. The monoisotopic (exact) mass is 250 g/mol. The molecule has 0 radical (unpaired) electrons. The molecule has 0 aromatic heterocycles. The summed E-state index contributed by atoms with van der Waals surface area (Å²) in [7, 11) is 0. The van der Waals surface area contributed by atoms with Crippen molar-refractivity contribution >= 4 is 11.6 Å². The van der Waals surface area contributed by atoms with Crippen LogP contribution >= 0.6 is 0 Å². The van der Waals surface area contributed by atoms with Gasteiger partial charge in [0, 0.05) is 24.3 Å². The predicted octanol–water partition coefficient (Wildman–Crippen LogP) is 1.87. The Morgan fingerprint density at radius 1 is 1.22 bits per heavy atom. The van der Waals surface area contributed by atoms with Gasteiger partial charge in [0.05, 0.1) is 6.61 Å². The molecule has 100 valence electrons. The molecule has 3 N–H and O–H groups in total. The lowest BCUT2D eigenvalue weighted by Gasteiger charge is -2.09. The number of rotatable bonds is 7. The molecule has 0 aliphatic carbocycles. The molecule has 1 aromatic carbocycles. The number of aliphatic hydroxyl groups excluding tert-OH is 1. The van der Waals surface area contributed by atoms with Crippen LogP contribution in [-0.2, 0) is 0 Å². The molecule has 4 nitrogen and oxygen atoms in total. The van der Waals surface area contributed by atoms with Crippen LogP contribution < -0.4 is 10.6 Å². The van der Waals surface area contributed by atoms with E-state index in [1.54, 1.807) is 12.1 Å². The lowest BCUT2D eigenvalue weighted by Crippen LogP contribution is -2.26. The molecule has 1 rings (SSSR count). The Balaban J connectivity index is 2.44. The summed E-state index contributed by atoms with van der Waals surface area (Å²) in [6.45, 7) is 5.56. The summed E-state index contributed by atoms with van der Waals surface area (Å²) in [4.78, 5) is 11.6. The Hall–Kier alpha value is -1.55. The first-order valence-corrected chi connectivity index (χ1v) is 6.36. The first-order valence-electron chi connectivity index (χ1n) is 6.36. The molecule has 4 heteroatoms. The number of hydrogen-bond acceptors (Lipinski definition) is 3. The zero-order chi connectivity index (χ0) is 13.4. The van der Waals surface area contributed by atoms with Crippen molar-refractivity contribution in [2.75, 3.05) is 25.0 Å². The number of hydrogen-bond donors (Lipinski definition) is 3. The van der Waals surface area contributed by atoms with Gasteiger partial charge in [-0.05, 0) is 36.6 Å². The minimum Gasteiger partial charge on any atom is -0.395 e. The van der Waals surface area contributed by atoms with E-state index in [1.807, 2.05) is 12.1 Å². The van der Waals surface area contributed by atoms with E-state index in [0.29, 0.717) is 11.5 Å². The van der Waals surface area contributed by atoms with Gasteiger partial charge in [0.15, 0.2) is 0 Å². The van der Waals surface area contributed by atoms with E-state index in [4.69, 9.17) is 5.11 Å². The van der Waals surface area contributed by atoms with Gasteiger partial charge in [-0.15, -0.1) is 0 Å². The number of amides is 1. The summed E-state index contributed by atoms with van der Waals surface area (Å²) in [5.74, 6) is 0.527. The smallest absolute Gasteiger partial charge is 0.251 e. The zero-order valence-corrected chi connectivity index (χ0v) is 11.1. The lowest BCUT2D eigenvalue weighted by molar-refractivity contribution is 0.0945. The van der Waals surface area contributed by atoms with Gasteiger partial charge in [0.1, 0.15) is 0 Å². The topological polar surface area (TPSA) is 61.4 Å². The lowest BCUT2D eigenvalue weighted by atomic mass is 10.1. The Morgan fingerprint density at radius 3 is 2.44 bits per heavy atom. The fourth-order valence-electron chi connectivity index (χ4n) is 1.52. The van der Waals surface area contributed by atoms with Crippen molar-refractivity contribution in [1.82, 2.24) is 5.32 Å². The van der Waals surface area contributed by atoms with E-state index >= 15 is 0 Å². The zero-order valence-electron chi connectivity index (χ0n) is 11.1. The molecule has 0 spiro atoms. The number of anilines is 1. The summed E-state index contributed by atoms with van der Waals surface area (Å²) >= 11 is 0. The standard InChI is InChI=1S/C14H22N2O2/c1-11(2)7-8-15-13-5-3-12(4-6-13)14(18)16-9-10-17/h3-6,11,15,17H,7-10H2,1-2H3,(H,16,18). The van der Waals surface area contributed by atoms with Gasteiger partial charge >= 0.3 is 0 Å². The third-order valence-electron chi connectivity index (χ3n) is 2.60. The maximum atomic E-state index is 11.6. The minimum absolute atomic E-state index is 0.0411. The molecule has 0 aliphatic heterocycles. The van der Waals surface area contributed by atoms with Crippen molar-refractivity contribution in [3.05, 3.63) is 29.8 Å². The van der Waals surface area contributed by atoms with Gasteiger partial charge < -0.3 is 15.7 Å². The molecule has 0 bridgehead atoms. The van der Waals surface area contributed by atoms with Crippen LogP contribution in [0.15, 0.2) is 24.3 Å². The van der Waals surface area contributed by atoms with Gasteiger partial charge in [-0.2, -0.15) is 0 Å². The third kappa shape index (κ3) is 5.19. The molecule has 0 heterocycles. The normalized spacial score (nSPS) is 10.4. The molecule has 1 aromatic rings. The minimum atomic E-state index is -0.155. The van der Waals surface area contributed by atoms with Crippen LogP contribution in [0.3, 0.4) is 0 Å². The van der Waals surface area contributed by atoms with E-state index in [9.17, 15) is 4.79 Å². The summed E-state index contributed by atoms with van der Waals surface area (Å²) in [6, 6.07) is 7.36. The van der Waals surface area contributed by atoms with E-state index in [1.165, 1.54) is 0 Å². The van der Waals surface area contributed by atoms with Crippen LogP contribution in [-0.4, -0.2) is 30.7 Å². The maximum Gasteiger partial charge on any atom is 0.251 e. The summed E-state index contributed by atoms with van der Waals surface area (Å²) < 4.78 is 0. The molecule has 18 heavy (non-hydrogen) atoms. The Kier molecular flexibility index (Phi) is 6.22. The van der Waals surface area contributed by atoms with E-state index in [-0.39, 0.29) is 19.1 Å². The molecule has 0 unspecified atom stereocenters. The summed E-state index contributed by atoms with van der Waals surface area (Å²) in [6.07, 6.45) is 1.12. The van der Waals surface area contributed by atoms with Gasteiger partial charge in [0.2, 0.25) is 0 Å². The molecule has 0 fully saturated rings. The highest BCUT2D eigenvalue weighted by Crippen LogP contribution is 2.10. The van der Waals surface area contributed by atoms with Gasteiger partial charge in [-0.25, -0.2) is 0 Å². The molecule has 0 atom stereocenters. The van der Waals surface area contributed by atoms with Crippen molar-refractivity contribution < 1.29 is 9.90 Å². The third-order valence-corrected chi connectivity index (χ3v) is 2.60. The number of aliphatic hydroxyl groups is 1. The van der Waals surface area contributed by atoms with Crippen LogP contribution in [0.2, 0.25) is 0 Å². The Bertz CT molecular complexity index is 361. The molecular formula is C14H22N2O2. The highest BCUT2D eigenvalue weighted by Gasteiger charge is 2.03. The van der Waals surface area contributed by atoms with E-state index in [0.717, 1.165) is 18.7 Å². The number of nitrogens with one attached hydrogen (secondary N) is 2. The van der Waals surface area contributed by atoms with Crippen molar-refractivity contribution in [2.45, 2.75) is 20.3 Å². The number of carbonyl (C=O) groups is 1. The second kappa shape index (κ2) is 7.71. The Morgan fingerprint density at radius 2 is 1.89 bits per heavy atom. The number of carbonyl (C=O) groups excluding carboxylic acids is 1. The summed E-state index contributed by atoms with van der Waals surface area (Å²) in [5.41, 5.74) is 1.63. The van der Waals surface area contributed by atoms with E-state index in [2.05, 4.69) is 24.5 Å². The van der Waals surface area contributed by atoms with E-state index < -0.39 is 0 Å². The van der Waals surface area contributed by atoms with Crippen molar-refractivity contribution in [3.8, 4) is 0 Å². The van der Waals surface area contributed by atoms with Gasteiger partial charge in [-0.3, -0.25) is 4.79 Å². The van der Waals surface area contributed by atoms with Crippen LogP contribution in [0.4, 0.5) is 5.69 Å². The van der Waals surface area contributed by atoms with Gasteiger partial charge in [0.25, 0.3) is 5.91 Å². The molecule has 0 saturated carbocycles. The highest BCUT2D eigenvalue weighted by atomic mass is 16.3. The summed E-state index contributed by atoms with van der Waals surface area (Å²) in [5, 5.41) is 14.6. The second-order valence-electron chi connectivity index (χ2n) is 4.67. The first-order chi connectivity index (χ1) is 8.63. The van der Waals surface area contributed by atoms with Crippen molar-refractivity contribution in [2.24, 2.45) is 5.92 Å². The SMILES string of the molecule is CC(C)CCNc1ccc(C(=O)NCCO)cc1. The molecule has 0 aliphatic rings. The predicted molar refractivity (Wildman–Crippen MR) is 73.8 cm³/mol. The number of benzene rings is 1. The quantitative estimate of drug-likeness (QED) is 0.692. The largest absolute Gasteiger partial charge is 0.395 e. The van der Waals surface area contributed by atoms with Gasteiger partial charge in [-0.1, -0.05) is 13.8 Å². The second-order valence-corrected chi connectivity index (χ2v) is 4.67. The fourth-order valence-corrected chi connectivity index (χ4v) is 1.52. The maximum absolute atomic E-state index is 11.6.